The van der Waals surface area contributed by atoms with Crippen LogP contribution >= 0.6 is 0 Å². The lowest BCUT2D eigenvalue weighted by atomic mass is 10.1. The number of carbonyl (C=O) groups is 1. The highest BCUT2D eigenvalue weighted by Gasteiger charge is 2.25. The molecule has 1 unspecified atom stereocenters. The van der Waals surface area contributed by atoms with Crippen molar-refractivity contribution in [2.75, 3.05) is 44.7 Å². The summed E-state index contributed by atoms with van der Waals surface area (Å²) >= 11 is 0. The highest BCUT2D eigenvalue weighted by atomic mass is 16.5. The fourth-order valence-electron chi connectivity index (χ4n) is 4.23. The van der Waals surface area contributed by atoms with E-state index >= 15 is 0 Å². The number of pyridine rings is 1. The molecular weight excluding hydrogens is 452 g/mol. The topological polar surface area (TPSA) is 92.3 Å². The monoisotopic (exact) mass is 490 g/mol. The van der Waals surface area contributed by atoms with Crippen LogP contribution in [0.5, 0.6) is 0 Å². The third-order valence-corrected chi connectivity index (χ3v) is 6.37. The molecule has 2 aromatic heterocycles. The van der Waals surface area contributed by atoms with Crippen LogP contribution in [-0.4, -0.2) is 65.2 Å². The summed E-state index contributed by atoms with van der Waals surface area (Å²) in [5.41, 5.74) is 2.45. The molecule has 8 nitrogen and oxygen atoms in total. The van der Waals surface area contributed by atoms with E-state index < -0.39 is 0 Å². The molecule has 1 aromatic carbocycles. The third-order valence-electron chi connectivity index (χ3n) is 6.37. The first kappa shape index (κ1) is 26.0. The van der Waals surface area contributed by atoms with Gasteiger partial charge >= 0.3 is 0 Å². The summed E-state index contributed by atoms with van der Waals surface area (Å²) in [5, 5.41) is 7.41. The lowest BCUT2D eigenvalue weighted by Crippen LogP contribution is -2.44. The summed E-state index contributed by atoms with van der Waals surface area (Å²) in [7, 11) is 0. The number of hydrogen-bond donors (Lipinski definition) is 2. The van der Waals surface area contributed by atoms with E-state index in [4.69, 9.17) is 9.72 Å². The van der Waals surface area contributed by atoms with Gasteiger partial charge in [0.25, 0.3) is 5.91 Å². The standard InChI is InChI=1S/C25H30N6O2.C3H8/c1-17-26-14-19(15-27-17)23(31-9-11-33-12-10-31)16-29-25(32)21-3-2-4-22-20(21)7-8-24(30-22)28-13-18-5-6-18;1-3-2/h2-4,7-8,14-15,18,23H,5-6,9-13,16H2,1H3,(H,28,30)(H,29,32);3H2,1-2H3. The number of ether oxygens (including phenoxy) is 1. The highest BCUT2D eigenvalue weighted by Crippen LogP contribution is 2.29. The van der Waals surface area contributed by atoms with E-state index in [9.17, 15) is 4.79 Å². The number of fused-ring (bicyclic) bond motifs is 1. The van der Waals surface area contributed by atoms with Crippen molar-refractivity contribution in [2.24, 2.45) is 5.92 Å². The van der Waals surface area contributed by atoms with Gasteiger partial charge in [-0.2, -0.15) is 0 Å². The molecule has 3 heterocycles. The molecule has 5 rings (SSSR count). The number of hydrogen-bond acceptors (Lipinski definition) is 7. The molecule has 1 atom stereocenters. The molecule has 0 radical (unpaired) electrons. The predicted molar refractivity (Wildman–Crippen MR) is 143 cm³/mol. The van der Waals surface area contributed by atoms with Crippen LogP contribution < -0.4 is 10.6 Å². The average molecular weight is 491 g/mol. The quantitative estimate of drug-likeness (QED) is 0.484. The molecule has 1 amide bonds. The lowest BCUT2D eigenvalue weighted by Gasteiger charge is -2.34. The lowest BCUT2D eigenvalue weighted by molar-refractivity contribution is 0.0161. The van der Waals surface area contributed by atoms with Gasteiger partial charge in [-0.25, -0.2) is 15.0 Å². The van der Waals surface area contributed by atoms with Crippen molar-refractivity contribution in [1.29, 1.82) is 0 Å². The van der Waals surface area contributed by atoms with Crippen LogP contribution in [0.2, 0.25) is 0 Å². The molecule has 1 saturated heterocycles. The highest BCUT2D eigenvalue weighted by molar-refractivity contribution is 6.06. The first-order chi connectivity index (χ1) is 17.6. The fraction of sp³-hybridized carbons (Fsp3) is 0.500. The molecule has 2 N–H and O–H groups in total. The van der Waals surface area contributed by atoms with E-state index in [0.717, 1.165) is 53.7 Å². The van der Waals surface area contributed by atoms with Gasteiger partial charge in [-0.3, -0.25) is 9.69 Å². The van der Waals surface area contributed by atoms with E-state index in [-0.39, 0.29) is 11.9 Å². The zero-order valence-electron chi connectivity index (χ0n) is 21.7. The zero-order valence-corrected chi connectivity index (χ0v) is 21.7. The summed E-state index contributed by atoms with van der Waals surface area (Å²) in [6, 6.07) is 9.64. The maximum absolute atomic E-state index is 13.2. The van der Waals surface area contributed by atoms with Gasteiger partial charge in [-0.1, -0.05) is 26.3 Å². The Hall–Kier alpha value is -3.10. The Kier molecular flexibility index (Phi) is 9.19. The van der Waals surface area contributed by atoms with E-state index in [1.54, 1.807) is 0 Å². The summed E-state index contributed by atoms with van der Waals surface area (Å²) in [6.45, 7) is 10.5. The Morgan fingerprint density at radius 1 is 1.11 bits per heavy atom. The average Bonchev–Trinajstić information content (AvgIpc) is 3.74. The fourth-order valence-corrected chi connectivity index (χ4v) is 4.23. The van der Waals surface area contributed by atoms with Crippen molar-refractivity contribution < 1.29 is 9.53 Å². The van der Waals surface area contributed by atoms with E-state index in [2.05, 4.69) is 39.3 Å². The summed E-state index contributed by atoms with van der Waals surface area (Å²) < 4.78 is 5.52. The molecule has 8 heteroatoms. The summed E-state index contributed by atoms with van der Waals surface area (Å²) in [4.78, 5) is 29.0. The van der Waals surface area contributed by atoms with Gasteiger partial charge in [0.1, 0.15) is 11.6 Å². The number of aryl methyl sites for hydroxylation is 1. The van der Waals surface area contributed by atoms with Crippen LogP contribution in [0.25, 0.3) is 10.9 Å². The van der Waals surface area contributed by atoms with Gasteiger partial charge < -0.3 is 15.4 Å². The first-order valence-corrected chi connectivity index (χ1v) is 13.1. The Morgan fingerprint density at radius 3 is 2.53 bits per heavy atom. The molecule has 1 aliphatic heterocycles. The van der Waals surface area contributed by atoms with Crippen molar-refractivity contribution in [2.45, 2.75) is 46.1 Å². The minimum absolute atomic E-state index is 0.00946. The summed E-state index contributed by atoms with van der Waals surface area (Å²) in [5.74, 6) is 2.27. The molecule has 2 fully saturated rings. The Labute approximate surface area is 213 Å². The van der Waals surface area contributed by atoms with Crippen molar-refractivity contribution in [3.8, 4) is 0 Å². The molecule has 1 saturated carbocycles. The zero-order chi connectivity index (χ0) is 25.3. The minimum Gasteiger partial charge on any atom is -0.379 e. The first-order valence-electron chi connectivity index (χ1n) is 13.1. The number of morpholine rings is 1. The number of benzene rings is 1. The van der Waals surface area contributed by atoms with E-state index in [1.165, 1.54) is 19.3 Å². The maximum atomic E-state index is 13.2. The molecule has 36 heavy (non-hydrogen) atoms. The molecule has 0 spiro atoms. The smallest absolute Gasteiger partial charge is 0.252 e. The second-order valence-electron chi connectivity index (χ2n) is 9.54. The minimum atomic E-state index is -0.104. The van der Waals surface area contributed by atoms with E-state index in [1.807, 2.05) is 49.6 Å². The number of carbonyl (C=O) groups excluding carboxylic acids is 1. The third kappa shape index (κ3) is 6.98. The number of nitrogens with zero attached hydrogens (tertiary/aromatic N) is 4. The number of nitrogens with one attached hydrogen (secondary N) is 2. The molecule has 3 aromatic rings. The van der Waals surface area contributed by atoms with Crippen LogP contribution in [0.3, 0.4) is 0 Å². The number of aromatic nitrogens is 3. The van der Waals surface area contributed by atoms with Crippen molar-refractivity contribution >= 4 is 22.6 Å². The van der Waals surface area contributed by atoms with Gasteiger partial charge in [-0.15, -0.1) is 0 Å². The second-order valence-corrected chi connectivity index (χ2v) is 9.54. The van der Waals surface area contributed by atoms with Crippen LogP contribution in [-0.2, 0) is 4.74 Å². The van der Waals surface area contributed by atoms with Gasteiger partial charge in [0.05, 0.1) is 24.8 Å². The summed E-state index contributed by atoms with van der Waals surface area (Å²) in [6.07, 6.45) is 7.55. The van der Waals surface area contributed by atoms with Gasteiger partial charge in [0.15, 0.2) is 0 Å². The second kappa shape index (κ2) is 12.7. The maximum Gasteiger partial charge on any atom is 0.252 e. The van der Waals surface area contributed by atoms with Crippen molar-refractivity contribution in [3.63, 3.8) is 0 Å². The van der Waals surface area contributed by atoms with Gasteiger partial charge in [-0.05, 0) is 49.9 Å². The molecule has 1 aliphatic carbocycles. The number of amides is 1. The predicted octanol–water partition coefficient (Wildman–Crippen LogP) is 4.37. The molecule has 0 bridgehead atoms. The largest absolute Gasteiger partial charge is 0.379 e. The normalized spacial score (nSPS) is 16.6. The molecular formula is C28H38N6O2. The SMILES string of the molecule is CCC.Cc1ncc(C(CNC(=O)c2cccc3nc(NCC4CC4)ccc23)N2CCOCC2)cn1. The van der Waals surface area contributed by atoms with Crippen LogP contribution in [0.4, 0.5) is 5.82 Å². The van der Waals surface area contributed by atoms with Crippen LogP contribution in [0.1, 0.15) is 60.9 Å². The number of anilines is 1. The Bertz CT molecular complexity index is 1130. The van der Waals surface area contributed by atoms with Crippen molar-refractivity contribution in [1.82, 2.24) is 25.2 Å². The molecule has 192 valence electrons. The van der Waals surface area contributed by atoms with Gasteiger partial charge in [0, 0.05) is 55.1 Å². The van der Waals surface area contributed by atoms with E-state index in [0.29, 0.717) is 25.3 Å². The van der Waals surface area contributed by atoms with Gasteiger partial charge in [0.2, 0.25) is 0 Å². The Balaban J connectivity index is 0.000000967. The van der Waals surface area contributed by atoms with Crippen LogP contribution in [0, 0.1) is 12.8 Å². The van der Waals surface area contributed by atoms with Crippen LogP contribution in [0.15, 0.2) is 42.7 Å². The Morgan fingerprint density at radius 2 is 1.83 bits per heavy atom. The number of rotatable bonds is 8. The molecule has 2 aliphatic rings. The van der Waals surface area contributed by atoms with Crippen molar-refractivity contribution in [3.05, 3.63) is 59.7 Å².